The van der Waals surface area contributed by atoms with Crippen LogP contribution >= 0.6 is 0 Å². The van der Waals surface area contributed by atoms with E-state index in [9.17, 15) is 13.2 Å². The molecule has 0 aliphatic heterocycles. The molecule has 0 aliphatic rings. The molecule has 35 heavy (non-hydrogen) atoms. The van der Waals surface area contributed by atoms with Crippen molar-refractivity contribution in [1.82, 2.24) is 0 Å². The second kappa shape index (κ2) is 11.4. The quantitative estimate of drug-likeness (QED) is 0.219. The molecule has 0 heterocycles. The van der Waals surface area contributed by atoms with Crippen LogP contribution in [0.5, 0.6) is 5.75 Å². The van der Waals surface area contributed by atoms with E-state index in [4.69, 9.17) is 4.74 Å². The molecule has 0 N–H and O–H groups in total. The van der Waals surface area contributed by atoms with E-state index in [2.05, 4.69) is 4.74 Å². The molecule has 6 heteroatoms. The van der Waals surface area contributed by atoms with Crippen molar-refractivity contribution < 1.29 is 27.0 Å². The van der Waals surface area contributed by atoms with Crippen molar-refractivity contribution in [3.8, 4) is 5.75 Å². The van der Waals surface area contributed by atoms with E-state index < -0.39 is 6.61 Å². The first-order chi connectivity index (χ1) is 16.9. The molecule has 4 aromatic carbocycles. The third kappa shape index (κ3) is 6.40. The van der Waals surface area contributed by atoms with Crippen LogP contribution in [0.4, 0.5) is 17.6 Å². The van der Waals surface area contributed by atoms with Crippen molar-refractivity contribution in [2.24, 2.45) is 0 Å². The Morgan fingerprint density at radius 2 is 1.34 bits per heavy atom. The summed E-state index contributed by atoms with van der Waals surface area (Å²) >= 11 is 0. The first kappa shape index (κ1) is 24.7. The summed E-state index contributed by atoms with van der Waals surface area (Å²) in [5, 5.41) is 1.34. The van der Waals surface area contributed by atoms with Crippen LogP contribution < -0.4 is 4.74 Å². The SMILES string of the molecule is COCc1ccc(CCc2ccc3c(F)c(CCc4ccc(OC(F)F)cc4)ccc3c2)c(F)c1. The summed E-state index contributed by atoms with van der Waals surface area (Å²) in [6.45, 7) is -2.49. The van der Waals surface area contributed by atoms with Gasteiger partial charge in [-0.05, 0) is 77.1 Å². The highest BCUT2D eigenvalue weighted by atomic mass is 19.3. The molecule has 4 aromatic rings. The Labute approximate surface area is 202 Å². The summed E-state index contributed by atoms with van der Waals surface area (Å²) in [5.74, 6) is -0.402. The number of hydrogen-bond donors (Lipinski definition) is 0. The summed E-state index contributed by atoms with van der Waals surface area (Å²) in [4.78, 5) is 0. The molecule has 4 rings (SSSR count). The van der Waals surface area contributed by atoms with E-state index >= 15 is 4.39 Å². The molecule has 0 radical (unpaired) electrons. The zero-order valence-electron chi connectivity index (χ0n) is 19.4. The topological polar surface area (TPSA) is 18.5 Å². The molecule has 0 amide bonds. The molecule has 0 saturated heterocycles. The Hall–Kier alpha value is -3.38. The highest BCUT2D eigenvalue weighted by Gasteiger charge is 2.10. The number of fused-ring (bicyclic) bond motifs is 1. The van der Waals surface area contributed by atoms with Crippen LogP contribution in [0.2, 0.25) is 0 Å². The summed E-state index contributed by atoms with van der Waals surface area (Å²) in [5.41, 5.74) is 3.94. The molecule has 0 fully saturated rings. The van der Waals surface area contributed by atoms with Crippen LogP contribution in [0.15, 0.2) is 72.8 Å². The van der Waals surface area contributed by atoms with Crippen LogP contribution in [0.1, 0.15) is 27.8 Å². The van der Waals surface area contributed by atoms with Crippen LogP contribution in [0.3, 0.4) is 0 Å². The normalized spacial score (nSPS) is 11.4. The largest absolute Gasteiger partial charge is 0.435 e. The lowest BCUT2D eigenvalue weighted by Gasteiger charge is -2.10. The van der Waals surface area contributed by atoms with Crippen molar-refractivity contribution in [3.05, 3.63) is 112 Å². The minimum absolute atomic E-state index is 0.0993. The van der Waals surface area contributed by atoms with Crippen molar-refractivity contribution in [2.75, 3.05) is 7.11 Å². The molecule has 0 aliphatic carbocycles. The molecular formula is C29H26F4O2. The minimum atomic E-state index is -2.86. The Balaban J connectivity index is 1.41. The zero-order chi connectivity index (χ0) is 24.8. The van der Waals surface area contributed by atoms with Gasteiger partial charge in [-0.1, -0.05) is 54.6 Å². The van der Waals surface area contributed by atoms with Gasteiger partial charge in [-0.3, -0.25) is 0 Å². The minimum Gasteiger partial charge on any atom is -0.435 e. The van der Waals surface area contributed by atoms with Gasteiger partial charge in [0.1, 0.15) is 17.4 Å². The third-order valence-electron chi connectivity index (χ3n) is 6.04. The maximum atomic E-state index is 15.2. The van der Waals surface area contributed by atoms with E-state index in [1.165, 1.54) is 18.2 Å². The summed E-state index contributed by atoms with van der Waals surface area (Å²) < 4.78 is 63.5. The molecular weight excluding hydrogens is 456 g/mol. The van der Waals surface area contributed by atoms with E-state index in [1.54, 1.807) is 37.4 Å². The Bertz CT molecular complexity index is 1290. The van der Waals surface area contributed by atoms with Gasteiger partial charge in [0.2, 0.25) is 0 Å². The van der Waals surface area contributed by atoms with Gasteiger partial charge in [-0.2, -0.15) is 8.78 Å². The fourth-order valence-electron chi connectivity index (χ4n) is 4.18. The van der Waals surface area contributed by atoms with E-state index in [0.717, 1.165) is 22.1 Å². The fraction of sp³-hybridized carbons (Fsp3) is 0.241. The van der Waals surface area contributed by atoms with Crippen molar-refractivity contribution in [1.29, 1.82) is 0 Å². The lowest BCUT2D eigenvalue weighted by molar-refractivity contribution is -0.0498. The van der Waals surface area contributed by atoms with Crippen molar-refractivity contribution >= 4 is 10.8 Å². The number of alkyl halides is 2. The van der Waals surface area contributed by atoms with Crippen molar-refractivity contribution in [3.63, 3.8) is 0 Å². The Morgan fingerprint density at radius 1 is 0.686 bits per heavy atom. The Morgan fingerprint density at radius 3 is 2.06 bits per heavy atom. The summed E-state index contributed by atoms with van der Waals surface area (Å²) in [6.07, 6.45) is 2.25. The summed E-state index contributed by atoms with van der Waals surface area (Å²) in [7, 11) is 1.58. The smallest absolute Gasteiger partial charge is 0.387 e. The molecule has 0 aromatic heterocycles. The van der Waals surface area contributed by atoms with Crippen LogP contribution in [0.25, 0.3) is 10.8 Å². The van der Waals surface area contributed by atoms with Gasteiger partial charge >= 0.3 is 6.61 Å². The first-order valence-corrected chi connectivity index (χ1v) is 11.4. The van der Waals surface area contributed by atoms with Gasteiger partial charge < -0.3 is 9.47 Å². The molecule has 0 saturated carbocycles. The predicted octanol–water partition coefficient (Wildman–Crippen LogP) is 7.44. The van der Waals surface area contributed by atoms with E-state index in [0.29, 0.717) is 48.8 Å². The average Bonchev–Trinajstić information content (AvgIpc) is 2.84. The predicted molar refractivity (Wildman–Crippen MR) is 129 cm³/mol. The van der Waals surface area contributed by atoms with Gasteiger partial charge in [0.25, 0.3) is 0 Å². The average molecular weight is 483 g/mol. The van der Waals surface area contributed by atoms with Gasteiger partial charge in [-0.25, -0.2) is 8.78 Å². The number of halogens is 4. The monoisotopic (exact) mass is 482 g/mol. The maximum Gasteiger partial charge on any atom is 0.387 e. The number of benzene rings is 4. The molecule has 0 unspecified atom stereocenters. The van der Waals surface area contributed by atoms with E-state index in [1.807, 2.05) is 24.3 Å². The molecule has 0 spiro atoms. The number of hydrogen-bond acceptors (Lipinski definition) is 2. The number of ether oxygens (including phenoxy) is 2. The van der Waals surface area contributed by atoms with Crippen LogP contribution in [-0.2, 0) is 37.0 Å². The summed E-state index contributed by atoms with van der Waals surface area (Å²) in [6, 6.07) is 20.8. The maximum absolute atomic E-state index is 15.2. The van der Waals surface area contributed by atoms with Crippen molar-refractivity contribution in [2.45, 2.75) is 38.9 Å². The fourth-order valence-corrected chi connectivity index (χ4v) is 4.18. The number of rotatable bonds is 10. The van der Waals surface area contributed by atoms with Crippen LogP contribution in [0, 0.1) is 11.6 Å². The molecule has 2 nitrogen and oxygen atoms in total. The van der Waals surface area contributed by atoms with Gasteiger partial charge in [0.05, 0.1) is 6.61 Å². The second-order valence-electron chi connectivity index (χ2n) is 8.48. The highest BCUT2D eigenvalue weighted by Crippen LogP contribution is 2.25. The molecule has 0 bridgehead atoms. The highest BCUT2D eigenvalue weighted by molar-refractivity contribution is 5.84. The van der Waals surface area contributed by atoms with Crippen LogP contribution in [-0.4, -0.2) is 13.7 Å². The Kier molecular flexibility index (Phi) is 8.03. The van der Waals surface area contributed by atoms with Gasteiger partial charge in [-0.15, -0.1) is 0 Å². The molecule has 182 valence electrons. The lowest BCUT2D eigenvalue weighted by atomic mass is 9.97. The number of aryl methyl sites for hydroxylation is 4. The van der Waals surface area contributed by atoms with E-state index in [-0.39, 0.29) is 17.4 Å². The standard InChI is InChI=1S/C29H26F4O2/c1-34-18-21-4-9-22(27(30)17-21)8-3-20-7-15-26-24(16-20)12-11-23(28(26)31)10-2-19-5-13-25(14-6-19)35-29(32)33/h4-7,9,11-17,29H,2-3,8,10,18H2,1H3. The number of methoxy groups -OCH3 is 1. The zero-order valence-corrected chi connectivity index (χ0v) is 19.4. The molecule has 0 atom stereocenters. The second-order valence-corrected chi connectivity index (χ2v) is 8.48. The van der Waals surface area contributed by atoms with Gasteiger partial charge in [0, 0.05) is 12.5 Å². The van der Waals surface area contributed by atoms with Gasteiger partial charge in [0.15, 0.2) is 0 Å². The first-order valence-electron chi connectivity index (χ1n) is 11.4. The lowest BCUT2D eigenvalue weighted by Crippen LogP contribution is -2.02. The third-order valence-corrected chi connectivity index (χ3v) is 6.04.